The van der Waals surface area contributed by atoms with Gasteiger partial charge in [-0.05, 0) is 0 Å². The Morgan fingerprint density at radius 1 is 1.47 bits per heavy atom. The zero-order chi connectivity index (χ0) is 14.4. The Labute approximate surface area is 105 Å². The van der Waals surface area contributed by atoms with Crippen LogP contribution in [0.5, 0.6) is 0 Å². The van der Waals surface area contributed by atoms with E-state index in [1.165, 1.54) is 7.05 Å². The lowest BCUT2D eigenvalue weighted by Gasteiger charge is -2.20. The van der Waals surface area contributed by atoms with E-state index in [0.717, 1.165) is 21.4 Å². The second-order valence-electron chi connectivity index (χ2n) is 4.29. The summed E-state index contributed by atoms with van der Waals surface area (Å²) >= 11 is 0. The molecule has 0 spiro atoms. The first-order chi connectivity index (χ1) is 8.81. The normalized spacial score (nSPS) is 34.7. The van der Waals surface area contributed by atoms with Crippen molar-refractivity contribution in [3.63, 3.8) is 0 Å². The molecule has 3 N–H and O–H groups in total. The first kappa shape index (κ1) is 13.9. The van der Waals surface area contributed by atoms with Crippen LogP contribution in [0.4, 0.5) is 4.39 Å². The van der Waals surface area contributed by atoms with Gasteiger partial charge in [0.25, 0.3) is 11.4 Å². The van der Waals surface area contributed by atoms with Crippen molar-refractivity contribution in [2.24, 2.45) is 7.05 Å². The van der Waals surface area contributed by atoms with E-state index < -0.39 is 42.1 Å². The van der Waals surface area contributed by atoms with E-state index in [4.69, 9.17) is 9.84 Å². The molecule has 8 nitrogen and oxygen atoms in total. The van der Waals surface area contributed by atoms with Crippen molar-refractivity contribution in [2.75, 3.05) is 6.61 Å². The summed E-state index contributed by atoms with van der Waals surface area (Å²) in [6, 6.07) is 1.03. The predicted molar refractivity (Wildman–Crippen MR) is 59.0 cm³/mol. The molecule has 1 saturated heterocycles. The lowest BCUT2D eigenvalue weighted by molar-refractivity contribution is -0.207. The molecule has 2 heterocycles. The van der Waals surface area contributed by atoms with Crippen LogP contribution in [0.15, 0.2) is 21.9 Å². The molecule has 106 valence electrons. The second kappa shape index (κ2) is 4.53. The molecule has 0 aromatic carbocycles. The minimum Gasteiger partial charge on any atom is -0.390 e. The molecule has 0 amide bonds. The summed E-state index contributed by atoms with van der Waals surface area (Å²) in [4.78, 5) is 23.0. The summed E-state index contributed by atoms with van der Waals surface area (Å²) in [5.41, 5.74) is -1.42. The number of aromatic nitrogens is 2. The SMILES string of the molecule is Cn1c(=O)ccn([C@@H]2O[C@](F)(CO)[C@@H](O)[C@H]2O)c1=O. The highest BCUT2D eigenvalue weighted by Gasteiger charge is 2.55. The monoisotopic (exact) mass is 276 g/mol. The third kappa shape index (κ3) is 2.00. The number of rotatable bonds is 2. The summed E-state index contributed by atoms with van der Waals surface area (Å²) < 4.78 is 20.1. The minimum atomic E-state index is -2.86. The fourth-order valence-electron chi connectivity index (χ4n) is 1.88. The van der Waals surface area contributed by atoms with Gasteiger partial charge in [0.1, 0.15) is 18.8 Å². The molecule has 0 bridgehead atoms. The van der Waals surface area contributed by atoms with Crippen LogP contribution in [0, 0.1) is 0 Å². The molecule has 0 saturated carbocycles. The molecule has 1 fully saturated rings. The summed E-state index contributed by atoms with van der Waals surface area (Å²) in [6.07, 6.45) is -4.28. The second-order valence-corrected chi connectivity index (χ2v) is 4.29. The summed E-state index contributed by atoms with van der Waals surface area (Å²) in [6.45, 7) is -1.18. The van der Waals surface area contributed by atoms with Crippen LogP contribution in [0.25, 0.3) is 0 Å². The Balaban J connectivity index is 2.48. The van der Waals surface area contributed by atoms with Gasteiger partial charge in [-0.2, -0.15) is 0 Å². The van der Waals surface area contributed by atoms with Crippen LogP contribution in [0.3, 0.4) is 0 Å². The van der Waals surface area contributed by atoms with Gasteiger partial charge in [0.15, 0.2) is 6.23 Å². The largest absolute Gasteiger partial charge is 0.390 e. The molecule has 0 radical (unpaired) electrons. The van der Waals surface area contributed by atoms with Gasteiger partial charge < -0.3 is 20.1 Å². The number of halogens is 1. The van der Waals surface area contributed by atoms with Crippen molar-refractivity contribution in [3.8, 4) is 0 Å². The van der Waals surface area contributed by atoms with Crippen molar-refractivity contribution < 1.29 is 24.4 Å². The topological polar surface area (TPSA) is 114 Å². The standard InChI is InChI=1S/C10H13FN2O6/c1-12-5(15)2-3-13(9(12)18)8-6(16)7(17)10(11,4-14)19-8/h2-3,6-8,14,16-17H,4H2,1H3/t6-,7+,8-,10-/m1/s1. The average Bonchev–Trinajstić information content (AvgIpc) is 2.62. The van der Waals surface area contributed by atoms with Gasteiger partial charge in [-0.3, -0.25) is 13.9 Å². The molecule has 19 heavy (non-hydrogen) atoms. The van der Waals surface area contributed by atoms with Crippen LogP contribution in [-0.4, -0.2) is 49.1 Å². The van der Waals surface area contributed by atoms with Gasteiger partial charge >= 0.3 is 5.69 Å². The van der Waals surface area contributed by atoms with Gasteiger partial charge in [-0.1, -0.05) is 0 Å². The van der Waals surface area contributed by atoms with Crippen LogP contribution >= 0.6 is 0 Å². The minimum absolute atomic E-state index is 0.581. The molecule has 4 atom stereocenters. The smallest absolute Gasteiger partial charge is 0.332 e. The first-order valence-electron chi connectivity index (χ1n) is 5.44. The summed E-state index contributed by atoms with van der Waals surface area (Å²) in [5.74, 6) is -2.86. The van der Waals surface area contributed by atoms with E-state index in [0.29, 0.717) is 0 Å². The van der Waals surface area contributed by atoms with Crippen molar-refractivity contribution >= 4 is 0 Å². The predicted octanol–water partition coefficient (Wildman–Crippen LogP) is -2.54. The molecule has 0 unspecified atom stereocenters. The van der Waals surface area contributed by atoms with Gasteiger partial charge in [0.05, 0.1) is 0 Å². The maximum absolute atomic E-state index is 13.9. The number of alkyl halides is 1. The Hall–Kier alpha value is -1.55. The lowest BCUT2D eigenvalue weighted by atomic mass is 10.1. The number of aliphatic hydroxyl groups excluding tert-OH is 3. The molecule has 1 aromatic rings. The number of hydrogen-bond donors (Lipinski definition) is 3. The molecular formula is C10H13FN2O6. The van der Waals surface area contributed by atoms with Crippen molar-refractivity contribution in [3.05, 3.63) is 33.1 Å². The van der Waals surface area contributed by atoms with E-state index in [9.17, 15) is 24.2 Å². The highest BCUT2D eigenvalue weighted by molar-refractivity contribution is 4.97. The van der Waals surface area contributed by atoms with E-state index in [-0.39, 0.29) is 0 Å². The first-order valence-corrected chi connectivity index (χ1v) is 5.44. The number of aliphatic hydroxyl groups is 3. The van der Waals surface area contributed by atoms with Crippen molar-refractivity contribution in [1.29, 1.82) is 0 Å². The van der Waals surface area contributed by atoms with Crippen LogP contribution < -0.4 is 11.2 Å². The summed E-state index contributed by atoms with van der Waals surface area (Å²) in [5, 5.41) is 28.0. The molecule has 1 aliphatic heterocycles. The highest BCUT2D eigenvalue weighted by Crippen LogP contribution is 2.37. The van der Waals surface area contributed by atoms with E-state index >= 15 is 0 Å². The maximum atomic E-state index is 13.9. The fourth-order valence-corrected chi connectivity index (χ4v) is 1.88. The van der Waals surface area contributed by atoms with Crippen molar-refractivity contribution in [2.45, 2.75) is 24.3 Å². The molecule has 1 aliphatic rings. The maximum Gasteiger partial charge on any atom is 0.332 e. The molecule has 2 rings (SSSR count). The molecule has 0 aliphatic carbocycles. The van der Waals surface area contributed by atoms with Crippen LogP contribution in [0.1, 0.15) is 6.23 Å². The molecule has 1 aromatic heterocycles. The Morgan fingerprint density at radius 2 is 2.11 bits per heavy atom. The van der Waals surface area contributed by atoms with Crippen LogP contribution in [0.2, 0.25) is 0 Å². The van der Waals surface area contributed by atoms with Gasteiger partial charge in [-0.15, -0.1) is 0 Å². The average molecular weight is 276 g/mol. The Bertz CT molecular complexity index is 598. The Morgan fingerprint density at radius 3 is 2.63 bits per heavy atom. The lowest BCUT2D eigenvalue weighted by Crippen LogP contribution is -2.42. The van der Waals surface area contributed by atoms with Crippen molar-refractivity contribution in [1.82, 2.24) is 9.13 Å². The van der Waals surface area contributed by atoms with Gasteiger partial charge in [0, 0.05) is 19.3 Å². The third-order valence-corrected chi connectivity index (χ3v) is 3.08. The zero-order valence-electron chi connectivity index (χ0n) is 9.93. The number of nitrogens with zero attached hydrogens (tertiary/aromatic N) is 2. The van der Waals surface area contributed by atoms with E-state index in [1.807, 2.05) is 0 Å². The van der Waals surface area contributed by atoms with Crippen LogP contribution in [-0.2, 0) is 11.8 Å². The number of ether oxygens (including phenoxy) is 1. The van der Waals surface area contributed by atoms with E-state index in [2.05, 4.69) is 0 Å². The van der Waals surface area contributed by atoms with E-state index in [1.54, 1.807) is 0 Å². The molecular weight excluding hydrogens is 263 g/mol. The van der Waals surface area contributed by atoms with Gasteiger partial charge in [0.2, 0.25) is 0 Å². The molecule has 9 heteroatoms. The Kier molecular flexibility index (Phi) is 3.31. The zero-order valence-corrected chi connectivity index (χ0v) is 9.93. The van der Waals surface area contributed by atoms with Gasteiger partial charge in [-0.25, -0.2) is 9.18 Å². The fraction of sp³-hybridized carbons (Fsp3) is 0.600. The highest BCUT2D eigenvalue weighted by atomic mass is 19.2. The third-order valence-electron chi connectivity index (χ3n) is 3.08. The quantitative estimate of drug-likeness (QED) is 0.548. The summed E-state index contributed by atoms with van der Waals surface area (Å²) in [7, 11) is 1.20. The number of hydrogen-bond acceptors (Lipinski definition) is 6.